The van der Waals surface area contributed by atoms with Gasteiger partial charge in [0.05, 0.1) is 18.9 Å². The first kappa shape index (κ1) is 20.9. The maximum atomic E-state index is 13.0. The summed E-state index contributed by atoms with van der Waals surface area (Å²) in [7, 11) is 0. The van der Waals surface area contributed by atoms with Crippen LogP contribution in [-0.2, 0) is 9.53 Å². The highest BCUT2D eigenvalue weighted by Gasteiger charge is 2.41. The third-order valence-corrected chi connectivity index (χ3v) is 3.59. The van der Waals surface area contributed by atoms with Gasteiger partial charge >= 0.3 is 12.1 Å². The molecule has 0 radical (unpaired) electrons. The van der Waals surface area contributed by atoms with Gasteiger partial charge in [-0.2, -0.15) is 13.2 Å². The zero-order valence-corrected chi connectivity index (χ0v) is 14.8. The number of hydrogen-bond acceptors (Lipinski definition) is 3. The molecule has 1 rings (SSSR count). The van der Waals surface area contributed by atoms with Gasteiger partial charge in [0.15, 0.2) is 5.78 Å². The van der Waals surface area contributed by atoms with Crippen LogP contribution in [0.2, 0.25) is 0 Å². The van der Waals surface area contributed by atoms with Crippen molar-refractivity contribution in [3.05, 3.63) is 47.5 Å². The van der Waals surface area contributed by atoms with Crippen molar-refractivity contribution in [2.24, 2.45) is 11.3 Å². The molecule has 25 heavy (non-hydrogen) atoms. The van der Waals surface area contributed by atoms with Crippen LogP contribution in [0.3, 0.4) is 0 Å². The molecule has 1 atom stereocenters. The maximum Gasteiger partial charge on any atom is 0.390 e. The number of ketones is 1. The molecule has 0 amide bonds. The Kier molecular flexibility index (Phi) is 6.96. The molecule has 1 unspecified atom stereocenters. The fourth-order valence-corrected chi connectivity index (χ4v) is 2.46. The van der Waals surface area contributed by atoms with Gasteiger partial charge in [0.25, 0.3) is 0 Å². The zero-order chi connectivity index (χ0) is 19.3. The number of benzene rings is 1. The molecule has 0 aliphatic carbocycles. The van der Waals surface area contributed by atoms with Crippen LogP contribution in [0.4, 0.5) is 13.2 Å². The number of carbonyl (C=O) groups is 2. The smallest absolute Gasteiger partial charge is 0.390 e. The number of alkyl halides is 3. The molecular weight excluding hydrogens is 333 g/mol. The topological polar surface area (TPSA) is 43.4 Å². The van der Waals surface area contributed by atoms with E-state index >= 15 is 0 Å². The third kappa shape index (κ3) is 6.72. The Bertz CT molecular complexity index is 626. The minimum absolute atomic E-state index is 0.0305. The van der Waals surface area contributed by atoms with E-state index in [0.717, 1.165) is 6.08 Å². The van der Waals surface area contributed by atoms with E-state index in [0.29, 0.717) is 5.56 Å². The Balaban J connectivity index is 3.35. The molecule has 0 heterocycles. The molecule has 0 aliphatic heterocycles. The summed E-state index contributed by atoms with van der Waals surface area (Å²) < 4.78 is 43.8. The van der Waals surface area contributed by atoms with Crippen LogP contribution in [0.1, 0.15) is 44.5 Å². The molecule has 138 valence electrons. The van der Waals surface area contributed by atoms with E-state index in [1.54, 1.807) is 51.1 Å². The number of allylic oxidation sites excluding steroid dienone is 1. The number of hydrogen-bond donors (Lipinski definition) is 0. The van der Waals surface area contributed by atoms with Crippen LogP contribution in [0.15, 0.2) is 42.0 Å². The summed E-state index contributed by atoms with van der Waals surface area (Å²) in [6.07, 6.45) is -4.78. The number of carbonyl (C=O) groups excluding carboxylic acids is 2. The van der Waals surface area contributed by atoms with Crippen LogP contribution in [0.5, 0.6) is 0 Å². The summed E-state index contributed by atoms with van der Waals surface area (Å²) in [5.74, 6) is -2.96. The first-order valence-corrected chi connectivity index (χ1v) is 8.00. The van der Waals surface area contributed by atoms with Gasteiger partial charge in [-0.15, -0.1) is 0 Å². The highest BCUT2D eigenvalue weighted by molar-refractivity contribution is 6.05. The summed E-state index contributed by atoms with van der Waals surface area (Å²) >= 11 is 0. The molecule has 0 spiro atoms. The number of halogens is 3. The van der Waals surface area contributed by atoms with E-state index < -0.39 is 35.7 Å². The van der Waals surface area contributed by atoms with Gasteiger partial charge < -0.3 is 4.74 Å². The van der Waals surface area contributed by atoms with Crippen LogP contribution < -0.4 is 0 Å². The Labute approximate surface area is 145 Å². The third-order valence-electron chi connectivity index (χ3n) is 3.59. The second-order valence-corrected chi connectivity index (χ2v) is 6.70. The van der Waals surface area contributed by atoms with Gasteiger partial charge in [-0.1, -0.05) is 51.1 Å². The number of ether oxygens (including phenoxy) is 1. The van der Waals surface area contributed by atoms with Crippen molar-refractivity contribution in [1.82, 2.24) is 0 Å². The van der Waals surface area contributed by atoms with Crippen molar-refractivity contribution in [3.63, 3.8) is 0 Å². The van der Waals surface area contributed by atoms with Crippen LogP contribution in [-0.4, -0.2) is 24.5 Å². The predicted octanol–water partition coefficient (Wildman–Crippen LogP) is 4.97. The lowest BCUT2D eigenvalue weighted by molar-refractivity contribution is -0.165. The van der Waals surface area contributed by atoms with Gasteiger partial charge in [0, 0.05) is 5.56 Å². The molecule has 0 aliphatic rings. The summed E-state index contributed by atoms with van der Waals surface area (Å²) in [5.41, 5.74) is -0.358. The molecule has 0 saturated carbocycles. The van der Waals surface area contributed by atoms with E-state index in [2.05, 4.69) is 0 Å². The maximum absolute atomic E-state index is 13.0. The Hall–Kier alpha value is -2.11. The standard InChI is InChI=1S/C19H23F3O3/c1-5-25-17(24)14(12-19(20,21)22)15(18(2,3)4)11-16(23)13-9-7-6-8-10-13/h6-11,14H,5,12H2,1-4H3/b15-11+. The number of esters is 1. The Morgan fingerprint density at radius 1 is 1.12 bits per heavy atom. The SMILES string of the molecule is CCOC(=O)C(CC(F)(F)F)/C(=C\C(=O)c1ccccc1)C(C)(C)C. The van der Waals surface area contributed by atoms with Crippen LogP contribution >= 0.6 is 0 Å². The molecule has 0 saturated heterocycles. The molecule has 1 aromatic carbocycles. The first-order valence-electron chi connectivity index (χ1n) is 8.00. The van der Waals surface area contributed by atoms with Crippen molar-refractivity contribution in [1.29, 1.82) is 0 Å². The minimum atomic E-state index is -4.56. The highest BCUT2D eigenvalue weighted by Crippen LogP contribution is 2.38. The molecular formula is C19H23F3O3. The monoisotopic (exact) mass is 356 g/mol. The Morgan fingerprint density at radius 2 is 1.68 bits per heavy atom. The first-order chi connectivity index (χ1) is 11.5. The van der Waals surface area contributed by atoms with E-state index in [1.807, 2.05) is 0 Å². The van der Waals surface area contributed by atoms with Crippen molar-refractivity contribution < 1.29 is 27.5 Å². The van der Waals surface area contributed by atoms with Crippen LogP contribution in [0, 0.1) is 11.3 Å². The highest BCUT2D eigenvalue weighted by atomic mass is 19.4. The molecule has 3 nitrogen and oxygen atoms in total. The van der Waals surface area contributed by atoms with Crippen molar-refractivity contribution in [2.45, 2.75) is 40.3 Å². The summed E-state index contributed by atoms with van der Waals surface area (Å²) in [4.78, 5) is 24.6. The second-order valence-electron chi connectivity index (χ2n) is 6.70. The minimum Gasteiger partial charge on any atom is -0.466 e. The predicted molar refractivity (Wildman–Crippen MR) is 89.1 cm³/mol. The van der Waals surface area contributed by atoms with Gasteiger partial charge in [0.1, 0.15) is 0 Å². The quantitative estimate of drug-likeness (QED) is 0.410. The van der Waals surface area contributed by atoms with E-state index in [4.69, 9.17) is 4.74 Å². The normalized spacial score (nSPS) is 14.1. The van der Waals surface area contributed by atoms with Gasteiger partial charge in [0.2, 0.25) is 0 Å². The summed E-state index contributed by atoms with van der Waals surface area (Å²) in [6, 6.07) is 8.20. The second kappa shape index (κ2) is 8.32. The lowest BCUT2D eigenvalue weighted by Gasteiger charge is -2.30. The molecule has 0 N–H and O–H groups in total. The van der Waals surface area contributed by atoms with E-state index in [1.165, 1.54) is 6.92 Å². The van der Waals surface area contributed by atoms with Crippen molar-refractivity contribution >= 4 is 11.8 Å². The van der Waals surface area contributed by atoms with E-state index in [9.17, 15) is 22.8 Å². The Morgan fingerprint density at radius 3 is 2.12 bits per heavy atom. The number of rotatable bonds is 6. The molecule has 1 aromatic rings. The van der Waals surface area contributed by atoms with E-state index in [-0.39, 0.29) is 12.2 Å². The molecule has 0 aromatic heterocycles. The van der Waals surface area contributed by atoms with Gasteiger partial charge in [-0.25, -0.2) is 0 Å². The summed E-state index contributed by atoms with van der Waals surface area (Å²) in [5, 5.41) is 0. The largest absolute Gasteiger partial charge is 0.466 e. The molecule has 6 heteroatoms. The average Bonchev–Trinajstić information content (AvgIpc) is 2.49. The summed E-state index contributed by atoms with van der Waals surface area (Å²) in [6.45, 7) is 6.49. The van der Waals surface area contributed by atoms with Crippen molar-refractivity contribution in [3.8, 4) is 0 Å². The lowest BCUT2D eigenvalue weighted by Crippen LogP contribution is -2.31. The van der Waals surface area contributed by atoms with Crippen LogP contribution in [0.25, 0.3) is 0 Å². The van der Waals surface area contributed by atoms with Gasteiger partial charge in [-0.3, -0.25) is 9.59 Å². The fraction of sp³-hybridized carbons (Fsp3) is 0.474. The molecule has 0 fully saturated rings. The van der Waals surface area contributed by atoms with Gasteiger partial charge in [-0.05, 0) is 24.0 Å². The lowest BCUT2D eigenvalue weighted by atomic mass is 9.76. The zero-order valence-electron chi connectivity index (χ0n) is 14.8. The molecule has 0 bridgehead atoms. The van der Waals surface area contributed by atoms with Crippen molar-refractivity contribution in [2.75, 3.05) is 6.61 Å². The fourth-order valence-electron chi connectivity index (χ4n) is 2.46. The average molecular weight is 356 g/mol.